The lowest BCUT2D eigenvalue weighted by molar-refractivity contribution is 0.876. The maximum absolute atomic E-state index is 4.71. The molecule has 2 aromatic carbocycles. The topological polar surface area (TPSA) is 53.6 Å². The van der Waals surface area contributed by atoms with E-state index in [0.717, 1.165) is 27.1 Å². The normalized spacial score (nSPS) is 12.8. The summed E-state index contributed by atoms with van der Waals surface area (Å²) in [6, 6.07) is 14.5. The van der Waals surface area contributed by atoms with Gasteiger partial charge in [0.1, 0.15) is 5.01 Å². The highest BCUT2D eigenvalue weighted by atomic mass is 32.1. The highest BCUT2D eigenvalue weighted by Gasteiger charge is 2.12. The molecule has 0 spiro atoms. The molecule has 1 atom stereocenters. The number of hydrogen-bond acceptors (Lipinski definition) is 4. The van der Waals surface area contributed by atoms with Gasteiger partial charge >= 0.3 is 0 Å². The zero-order valence-corrected chi connectivity index (χ0v) is 12.3. The van der Waals surface area contributed by atoms with Crippen LogP contribution in [0.5, 0.6) is 0 Å². The van der Waals surface area contributed by atoms with Crippen molar-refractivity contribution < 1.29 is 0 Å². The average molecular weight is 294 g/mol. The number of nitrogens with one attached hydrogen (secondary N) is 2. The number of H-pyrrole nitrogens is 1. The van der Waals surface area contributed by atoms with Crippen molar-refractivity contribution in [3.05, 3.63) is 53.7 Å². The van der Waals surface area contributed by atoms with Gasteiger partial charge in [0.05, 0.1) is 28.0 Å². The highest BCUT2D eigenvalue weighted by molar-refractivity contribution is 7.18. The molecule has 104 valence electrons. The molecular formula is C16H14N4S. The molecule has 2 N–H and O–H groups in total. The van der Waals surface area contributed by atoms with Crippen molar-refractivity contribution in [2.24, 2.45) is 0 Å². The summed E-state index contributed by atoms with van der Waals surface area (Å²) >= 11 is 1.74. The second-order valence-corrected chi connectivity index (χ2v) is 6.08. The number of anilines is 1. The lowest BCUT2D eigenvalue weighted by Crippen LogP contribution is -2.06. The molecule has 0 saturated carbocycles. The van der Waals surface area contributed by atoms with Crippen molar-refractivity contribution in [2.75, 3.05) is 5.32 Å². The van der Waals surface area contributed by atoms with E-state index in [1.54, 1.807) is 11.3 Å². The minimum atomic E-state index is 0.155. The number of fused-ring (bicyclic) bond motifs is 2. The van der Waals surface area contributed by atoms with Gasteiger partial charge in [-0.05, 0) is 31.2 Å². The van der Waals surface area contributed by atoms with Crippen molar-refractivity contribution in [1.82, 2.24) is 15.2 Å². The van der Waals surface area contributed by atoms with Crippen LogP contribution >= 0.6 is 11.3 Å². The first-order valence-corrected chi connectivity index (χ1v) is 7.67. The summed E-state index contributed by atoms with van der Waals surface area (Å²) in [5.74, 6) is 0. The van der Waals surface area contributed by atoms with E-state index in [-0.39, 0.29) is 6.04 Å². The Morgan fingerprint density at radius 3 is 2.95 bits per heavy atom. The number of benzene rings is 2. The standard InChI is InChI=1S/C16H14N4S/c1-10(16-19-14-5-2-3-8-15(14)21-16)18-12-6-4-7-13-11(12)9-17-20-13/h2-10,18H,1H3,(H,17,20). The Kier molecular flexibility index (Phi) is 2.86. The van der Waals surface area contributed by atoms with E-state index in [9.17, 15) is 0 Å². The number of aromatic nitrogens is 3. The van der Waals surface area contributed by atoms with Crippen molar-refractivity contribution in [2.45, 2.75) is 13.0 Å². The van der Waals surface area contributed by atoms with Gasteiger partial charge in [-0.25, -0.2) is 4.98 Å². The molecule has 4 nitrogen and oxygen atoms in total. The molecule has 0 saturated heterocycles. The molecule has 0 bridgehead atoms. The van der Waals surface area contributed by atoms with Crippen LogP contribution in [0.15, 0.2) is 48.7 Å². The molecule has 0 amide bonds. The second-order valence-electron chi connectivity index (χ2n) is 5.02. The van der Waals surface area contributed by atoms with E-state index in [1.165, 1.54) is 4.70 Å². The lowest BCUT2D eigenvalue weighted by Gasteiger charge is -2.13. The Hall–Kier alpha value is -2.40. The average Bonchev–Trinajstić information content (AvgIpc) is 3.14. The van der Waals surface area contributed by atoms with Crippen molar-refractivity contribution in [1.29, 1.82) is 0 Å². The van der Waals surface area contributed by atoms with Crippen LogP contribution in [0.3, 0.4) is 0 Å². The number of aromatic amines is 1. The predicted octanol–water partition coefficient (Wildman–Crippen LogP) is 4.35. The minimum Gasteiger partial charge on any atom is -0.375 e. The summed E-state index contributed by atoms with van der Waals surface area (Å²) in [4.78, 5) is 4.71. The van der Waals surface area contributed by atoms with E-state index < -0.39 is 0 Å². The molecule has 1 unspecified atom stereocenters. The number of thiazole rings is 1. The minimum absolute atomic E-state index is 0.155. The van der Waals surface area contributed by atoms with Crippen molar-refractivity contribution >= 4 is 38.1 Å². The van der Waals surface area contributed by atoms with E-state index in [4.69, 9.17) is 4.98 Å². The van der Waals surface area contributed by atoms with Gasteiger partial charge in [-0.2, -0.15) is 5.10 Å². The van der Waals surface area contributed by atoms with Crippen molar-refractivity contribution in [3.63, 3.8) is 0 Å². The van der Waals surface area contributed by atoms with Gasteiger partial charge in [0, 0.05) is 11.1 Å². The first kappa shape index (κ1) is 12.3. The quantitative estimate of drug-likeness (QED) is 0.591. The number of rotatable bonds is 3. The van der Waals surface area contributed by atoms with Crippen LogP contribution < -0.4 is 5.32 Å². The number of hydrogen-bond donors (Lipinski definition) is 2. The van der Waals surface area contributed by atoms with E-state index >= 15 is 0 Å². The third-order valence-corrected chi connectivity index (χ3v) is 4.76. The van der Waals surface area contributed by atoms with Gasteiger partial charge in [0.25, 0.3) is 0 Å². The molecule has 0 aliphatic heterocycles. The summed E-state index contributed by atoms with van der Waals surface area (Å²) < 4.78 is 1.22. The molecule has 4 aromatic rings. The van der Waals surface area contributed by atoms with Gasteiger partial charge in [0.15, 0.2) is 0 Å². The summed E-state index contributed by atoms with van der Waals surface area (Å²) in [5, 5.41) is 12.8. The van der Waals surface area contributed by atoms with Gasteiger partial charge in [-0.1, -0.05) is 18.2 Å². The van der Waals surface area contributed by atoms with Gasteiger partial charge in [-0.3, -0.25) is 5.10 Å². The van der Waals surface area contributed by atoms with Crippen LogP contribution in [-0.2, 0) is 0 Å². The molecule has 21 heavy (non-hydrogen) atoms. The Balaban J connectivity index is 1.68. The lowest BCUT2D eigenvalue weighted by atomic mass is 10.2. The largest absolute Gasteiger partial charge is 0.375 e. The van der Waals surface area contributed by atoms with Gasteiger partial charge in [-0.15, -0.1) is 11.3 Å². The van der Waals surface area contributed by atoms with Crippen LogP contribution in [0.25, 0.3) is 21.1 Å². The summed E-state index contributed by atoms with van der Waals surface area (Å²) in [5.41, 5.74) is 3.18. The molecular weight excluding hydrogens is 280 g/mol. The fourth-order valence-electron chi connectivity index (χ4n) is 2.46. The Morgan fingerprint density at radius 2 is 2.05 bits per heavy atom. The third kappa shape index (κ3) is 2.15. The molecule has 5 heteroatoms. The number of para-hydroxylation sites is 1. The summed E-state index contributed by atoms with van der Waals surface area (Å²) in [6.07, 6.45) is 1.85. The predicted molar refractivity (Wildman–Crippen MR) is 87.8 cm³/mol. The molecule has 2 heterocycles. The number of nitrogens with zero attached hydrogens (tertiary/aromatic N) is 2. The van der Waals surface area contributed by atoms with Gasteiger partial charge < -0.3 is 5.32 Å². The van der Waals surface area contributed by atoms with Gasteiger partial charge in [0.2, 0.25) is 0 Å². The zero-order chi connectivity index (χ0) is 14.2. The molecule has 0 aliphatic rings. The van der Waals surface area contributed by atoms with Crippen LogP contribution in [-0.4, -0.2) is 15.2 Å². The Bertz CT molecular complexity index is 876. The third-order valence-electron chi connectivity index (χ3n) is 3.54. The van der Waals surface area contributed by atoms with Crippen LogP contribution in [0.2, 0.25) is 0 Å². The first-order valence-electron chi connectivity index (χ1n) is 6.85. The molecule has 4 rings (SSSR count). The van der Waals surface area contributed by atoms with Crippen LogP contribution in [0, 0.1) is 0 Å². The summed E-state index contributed by atoms with van der Waals surface area (Å²) in [6.45, 7) is 2.14. The zero-order valence-electron chi connectivity index (χ0n) is 11.5. The molecule has 0 fully saturated rings. The Labute approximate surface area is 125 Å². The smallest absolute Gasteiger partial charge is 0.116 e. The first-order chi connectivity index (χ1) is 10.3. The van der Waals surface area contributed by atoms with Crippen LogP contribution in [0.4, 0.5) is 5.69 Å². The molecule has 0 radical (unpaired) electrons. The monoisotopic (exact) mass is 294 g/mol. The molecule has 0 aliphatic carbocycles. The SMILES string of the molecule is CC(Nc1cccc2[nH]ncc12)c1nc2ccccc2s1. The Morgan fingerprint density at radius 1 is 1.14 bits per heavy atom. The fraction of sp³-hybridized carbons (Fsp3) is 0.125. The van der Waals surface area contributed by atoms with Crippen molar-refractivity contribution in [3.8, 4) is 0 Å². The second kappa shape index (κ2) is 4.86. The molecule has 2 aromatic heterocycles. The van der Waals surface area contributed by atoms with E-state index in [1.807, 2.05) is 24.4 Å². The maximum atomic E-state index is 4.71. The maximum Gasteiger partial charge on any atom is 0.116 e. The summed E-state index contributed by atoms with van der Waals surface area (Å²) in [7, 11) is 0. The van der Waals surface area contributed by atoms with E-state index in [2.05, 4.69) is 46.7 Å². The highest BCUT2D eigenvalue weighted by Crippen LogP contribution is 2.30. The van der Waals surface area contributed by atoms with E-state index in [0.29, 0.717) is 0 Å². The van der Waals surface area contributed by atoms with Crippen LogP contribution in [0.1, 0.15) is 18.0 Å². The fourth-order valence-corrected chi connectivity index (χ4v) is 3.43.